The number of ether oxygens (including phenoxy) is 2. The van der Waals surface area contributed by atoms with Crippen LogP contribution in [0.3, 0.4) is 0 Å². The number of benzene rings is 2. The Labute approximate surface area is 138 Å². The van der Waals surface area contributed by atoms with Crippen molar-refractivity contribution in [2.24, 2.45) is 0 Å². The molecule has 0 aliphatic heterocycles. The maximum Gasteiger partial charge on any atom is 0.265 e. The van der Waals surface area contributed by atoms with Crippen LogP contribution in [0.1, 0.15) is 5.56 Å². The van der Waals surface area contributed by atoms with Gasteiger partial charge in [-0.3, -0.25) is 4.72 Å². The fourth-order valence-corrected chi connectivity index (χ4v) is 3.36. The lowest BCUT2D eigenvalue weighted by Crippen LogP contribution is -2.14. The van der Waals surface area contributed by atoms with Crippen LogP contribution in [-0.2, 0) is 10.0 Å². The Hall–Kier alpha value is -1.73. The molecular formula is C15H16BrNO4S. The highest BCUT2D eigenvalue weighted by molar-refractivity contribution is 9.10. The van der Waals surface area contributed by atoms with E-state index in [2.05, 4.69) is 20.7 Å². The van der Waals surface area contributed by atoms with Crippen molar-refractivity contribution in [1.82, 2.24) is 0 Å². The summed E-state index contributed by atoms with van der Waals surface area (Å²) in [4.78, 5) is 0.0522. The van der Waals surface area contributed by atoms with Crippen molar-refractivity contribution >= 4 is 31.6 Å². The van der Waals surface area contributed by atoms with Gasteiger partial charge in [0.05, 0.1) is 14.2 Å². The predicted molar refractivity (Wildman–Crippen MR) is 89.2 cm³/mol. The first kappa shape index (κ1) is 16.6. The zero-order valence-corrected chi connectivity index (χ0v) is 14.8. The van der Waals surface area contributed by atoms with Gasteiger partial charge in [0.2, 0.25) is 0 Å². The SMILES string of the molecule is COc1ccc(S(=O)(=O)Nc2ccc(Br)c(C)c2)c(OC)c1. The highest BCUT2D eigenvalue weighted by Crippen LogP contribution is 2.30. The molecule has 0 unspecified atom stereocenters. The molecule has 2 rings (SSSR count). The van der Waals surface area contributed by atoms with Crippen molar-refractivity contribution < 1.29 is 17.9 Å². The molecule has 118 valence electrons. The molecule has 1 N–H and O–H groups in total. The minimum Gasteiger partial charge on any atom is -0.497 e. The Kier molecular flexibility index (Phi) is 4.97. The molecule has 0 saturated heterocycles. The van der Waals surface area contributed by atoms with E-state index in [9.17, 15) is 8.42 Å². The van der Waals surface area contributed by atoms with Gasteiger partial charge < -0.3 is 9.47 Å². The number of anilines is 1. The largest absolute Gasteiger partial charge is 0.497 e. The highest BCUT2D eigenvalue weighted by atomic mass is 79.9. The summed E-state index contributed by atoms with van der Waals surface area (Å²) in [5.41, 5.74) is 1.42. The fourth-order valence-electron chi connectivity index (χ4n) is 1.92. The Bertz CT molecular complexity index is 790. The van der Waals surface area contributed by atoms with E-state index in [1.807, 2.05) is 6.92 Å². The van der Waals surface area contributed by atoms with Crippen molar-refractivity contribution in [2.45, 2.75) is 11.8 Å². The summed E-state index contributed by atoms with van der Waals surface area (Å²) in [6.45, 7) is 1.88. The maximum absolute atomic E-state index is 12.5. The highest BCUT2D eigenvalue weighted by Gasteiger charge is 2.20. The quantitative estimate of drug-likeness (QED) is 0.853. The van der Waals surface area contributed by atoms with Gasteiger partial charge in [-0.25, -0.2) is 8.42 Å². The van der Waals surface area contributed by atoms with E-state index in [0.29, 0.717) is 11.4 Å². The summed E-state index contributed by atoms with van der Waals surface area (Å²) in [6, 6.07) is 9.78. The smallest absolute Gasteiger partial charge is 0.265 e. The molecule has 0 aliphatic carbocycles. The molecule has 0 amide bonds. The molecule has 0 aromatic heterocycles. The van der Waals surface area contributed by atoms with E-state index in [1.54, 1.807) is 24.3 Å². The Morgan fingerprint density at radius 1 is 1.05 bits per heavy atom. The van der Waals surface area contributed by atoms with E-state index in [4.69, 9.17) is 9.47 Å². The lowest BCUT2D eigenvalue weighted by molar-refractivity contribution is 0.386. The number of hydrogen-bond donors (Lipinski definition) is 1. The molecule has 0 aliphatic rings. The Morgan fingerprint density at radius 2 is 1.77 bits per heavy atom. The second kappa shape index (κ2) is 6.58. The van der Waals surface area contributed by atoms with Gasteiger partial charge in [0, 0.05) is 16.2 Å². The molecule has 0 spiro atoms. The monoisotopic (exact) mass is 385 g/mol. The number of rotatable bonds is 5. The summed E-state index contributed by atoms with van der Waals surface area (Å²) in [5, 5.41) is 0. The molecule has 2 aromatic carbocycles. The van der Waals surface area contributed by atoms with Crippen molar-refractivity contribution in [1.29, 1.82) is 0 Å². The maximum atomic E-state index is 12.5. The van der Waals surface area contributed by atoms with E-state index in [1.165, 1.54) is 26.4 Å². The summed E-state index contributed by atoms with van der Waals surface area (Å²) >= 11 is 3.38. The molecule has 0 fully saturated rings. The lowest BCUT2D eigenvalue weighted by Gasteiger charge is -2.13. The lowest BCUT2D eigenvalue weighted by atomic mass is 10.2. The normalized spacial score (nSPS) is 11.1. The Morgan fingerprint density at radius 3 is 2.36 bits per heavy atom. The van der Waals surface area contributed by atoms with Gasteiger partial charge in [-0.15, -0.1) is 0 Å². The second-order valence-corrected chi connectivity index (χ2v) is 7.09. The zero-order chi connectivity index (χ0) is 16.3. The van der Waals surface area contributed by atoms with Crippen LogP contribution in [0.5, 0.6) is 11.5 Å². The number of hydrogen-bond acceptors (Lipinski definition) is 4. The van der Waals surface area contributed by atoms with Gasteiger partial charge in [0.1, 0.15) is 16.4 Å². The molecule has 2 aromatic rings. The standard InChI is InChI=1S/C15H16BrNO4S/c1-10-8-11(4-6-13(10)16)17-22(18,19)15-7-5-12(20-2)9-14(15)21-3/h4-9,17H,1-3H3. The molecular weight excluding hydrogens is 370 g/mol. The van der Waals surface area contributed by atoms with Crippen LogP contribution < -0.4 is 14.2 Å². The zero-order valence-electron chi connectivity index (χ0n) is 12.4. The van der Waals surface area contributed by atoms with E-state index in [-0.39, 0.29) is 10.6 Å². The van der Waals surface area contributed by atoms with Crippen LogP contribution in [0.2, 0.25) is 0 Å². The van der Waals surface area contributed by atoms with Crippen molar-refractivity contribution in [3.8, 4) is 11.5 Å². The second-order valence-electron chi connectivity index (χ2n) is 4.59. The fraction of sp³-hybridized carbons (Fsp3) is 0.200. The number of sulfonamides is 1. The van der Waals surface area contributed by atoms with Crippen molar-refractivity contribution in [3.05, 3.63) is 46.4 Å². The van der Waals surface area contributed by atoms with Crippen molar-refractivity contribution in [3.63, 3.8) is 0 Å². The van der Waals surface area contributed by atoms with Crippen LogP contribution >= 0.6 is 15.9 Å². The summed E-state index contributed by atoms with van der Waals surface area (Å²) < 4.78 is 38.7. The minimum atomic E-state index is -3.76. The average molecular weight is 386 g/mol. The van der Waals surface area contributed by atoms with Gasteiger partial charge in [-0.1, -0.05) is 15.9 Å². The first-order valence-electron chi connectivity index (χ1n) is 6.38. The predicted octanol–water partition coefficient (Wildman–Crippen LogP) is 3.58. The van der Waals surface area contributed by atoms with Gasteiger partial charge >= 0.3 is 0 Å². The molecule has 0 bridgehead atoms. The molecule has 5 nitrogen and oxygen atoms in total. The Balaban J connectivity index is 2.39. The van der Waals surface area contributed by atoms with Gasteiger partial charge in [-0.05, 0) is 42.8 Å². The summed E-state index contributed by atoms with van der Waals surface area (Å²) in [7, 11) is -0.837. The first-order valence-corrected chi connectivity index (χ1v) is 8.66. The van der Waals surface area contributed by atoms with Gasteiger partial charge in [0.15, 0.2) is 0 Å². The third-order valence-electron chi connectivity index (χ3n) is 3.07. The molecule has 0 radical (unpaired) electrons. The third-order valence-corrected chi connectivity index (χ3v) is 5.38. The summed E-state index contributed by atoms with van der Waals surface area (Å²) in [5.74, 6) is 0.746. The van der Waals surface area contributed by atoms with Gasteiger partial charge in [0.25, 0.3) is 10.0 Å². The minimum absolute atomic E-state index is 0.0522. The third kappa shape index (κ3) is 3.53. The van der Waals surface area contributed by atoms with Crippen LogP contribution in [0, 0.1) is 6.92 Å². The van der Waals surface area contributed by atoms with E-state index < -0.39 is 10.0 Å². The van der Waals surface area contributed by atoms with Crippen LogP contribution in [0.4, 0.5) is 5.69 Å². The van der Waals surface area contributed by atoms with Crippen LogP contribution in [-0.4, -0.2) is 22.6 Å². The molecule has 7 heteroatoms. The number of methoxy groups -OCH3 is 2. The van der Waals surface area contributed by atoms with Crippen molar-refractivity contribution in [2.75, 3.05) is 18.9 Å². The van der Waals surface area contributed by atoms with E-state index in [0.717, 1.165) is 10.0 Å². The average Bonchev–Trinajstić information content (AvgIpc) is 2.50. The summed E-state index contributed by atoms with van der Waals surface area (Å²) in [6.07, 6.45) is 0. The molecule has 22 heavy (non-hydrogen) atoms. The number of aryl methyl sites for hydroxylation is 1. The number of nitrogens with one attached hydrogen (secondary N) is 1. The topological polar surface area (TPSA) is 64.6 Å². The van der Waals surface area contributed by atoms with E-state index >= 15 is 0 Å². The molecule has 0 atom stereocenters. The molecule has 0 saturated carbocycles. The number of halogens is 1. The van der Waals surface area contributed by atoms with Crippen LogP contribution in [0.15, 0.2) is 45.8 Å². The van der Waals surface area contributed by atoms with Gasteiger partial charge in [-0.2, -0.15) is 0 Å². The first-order chi connectivity index (χ1) is 10.4. The molecule has 0 heterocycles. The van der Waals surface area contributed by atoms with Crippen LogP contribution in [0.25, 0.3) is 0 Å².